The molecule has 1 amide bonds. The molecule has 0 spiro atoms. The van der Waals surface area contributed by atoms with Gasteiger partial charge in [-0.25, -0.2) is 0 Å². The average Bonchev–Trinajstić information content (AvgIpc) is 2.25. The first-order valence-corrected chi connectivity index (χ1v) is 7.10. The van der Waals surface area contributed by atoms with Crippen LogP contribution >= 0.6 is 0 Å². The van der Waals surface area contributed by atoms with Crippen LogP contribution in [0.5, 0.6) is 0 Å². The zero-order valence-electron chi connectivity index (χ0n) is 12.3. The summed E-state index contributed by atoms with van der Waals surface area (Å²) in [5, 5.41) is 6.42. The summed E-state index contributed by atoms with van der Waals surface area (Å²) in [6.07, 6.45) is 2.50. The van der Waals surface area contributed by atoms with E-state index in [1.54, 1.807) is 0 Å². The maximum atomic E-state index is 11.1. The summed E-state index contributed by atoms with van der Waals surface area (Å²) >= 11 is 0. The largest absolute Gasteiger partial charge is 0.382 e. The van der Waals surface area contributed by atoms with Gasteiger partial charge in [0.05, 0.1) is 0 Å². The molecular weight excluding hydrogens is 236 g/mol. The van der Waals surface area contributed by atoms with Crippen LogP contribution < -0.4 is 10.6 Å². The second kappa shape index (κ2) is 5.64. The van der Waals surface area contributed by atoms with Gasteiger partial charge in [-0.2, -0.15) is 0 Å². The van der Waals surface area contributed by atoms with Crippen molar-refractivity contribution in [3.63, 3.8) is 0 Å². The molecule has 104 valence electrons. The number of benzene rings is 1. The zero-order valence-corrected chi connectivity index (χ0v) is 12.3. The smallest absolute Gasteiger partial charge is 0.221 e. The molecule has 1 aromatic carbocycles. The van der Waals surface area contributed by atoms with Crippen molar-refractivity contribution in [1.29, 1.82) is 0 Å². The summed E-state index contributed by atoms with van der Waals surface area (Å²) in [7, 11) is 0. The lowest BCUT2D eigenvalue weighted by Crippen LogP contribution is -2.38. The van der Waals surface area contributed by atoms with E-state index in [-0.39, 0.29) is 5.91 Å². The van der Waals surface area contributed by atoms with Crippen molar-refractivity contribution in [2.24, 2.45) is 11.8 Å². The average molecular weight is 260 g/mol. The fourth-order valence-corrected chi connectivity index (χ4v) is 2.60. The second-order valence-electron chi connectivity index (χ2n) is 6.03. The molecule has 0 unspecified atom stereocenters. The number of hydrogen-bond donors (Lipinski definition) is 2. The molecule has 2 N–H and O–H groups in total. The van der Waals surface area contributed by atoms with Crippen molar-refractivity contribution in [1.82, 2.24) is 0 Å². The molecule has 3 nitrogen and oxygen atoms in total. The van der Waals surface area contributed by atoms with Gasteiger partial charge < -0.3 is 10.6 Å². The number of amides is 1. The number of carbonyl (C=O) groups excluding carboxylic acids is 1. The fraction of sp³-hybridized carbons (Fsp3) is 0.562. The van der Waals surface area contributed by atoms with Crippen molar-refractivity contribution >= 4 is 17.3 Å². The molecule has 0 heterocycles. The number of anilines is 2. The lowest BCUT2D eigenvalue weighted by Gasteiger charge is -2.39. The Kier molecular flexibility index (Phi) is 4.13. The third-order valence-electron chi connectivity index (χ3n) is 4.03. The highest BCUT2D eigenvalue weighted by Gasteiger charge is 2.31. The third-order valence-corrected chi connectivity index (χ3v) is 4.03. The molecule has 1 fully saturated rings. The van der Waals surface area contributed by atoms with Gasteiger partial charge in [0.2, 0.25) is 5.91 Å². The van der Waals surface area contributed by atoms with Gasteiger partial charge in [0.1, 0.15) is 0 Å². The lowest BCUT2D eigenvalue weighted by atomic mass is 9.73. The molecular formula is C16H24N2O. The predicted octanol–water partition coefficient (Wildman–Crippen LogP) is 3.80. The van der Waals surface area contributed by atoms with E-state index in [1.165, 1.54) is 25.3 Å². The standard InChI is InChI=1S/C16H24N2O/c1-10(2)13-7-15(8-13)18-16-9-14(17-12(4)19)6-5-11(16)3/h5-6,9-10,13,15,18H,7-8H2,1-4H3,(H,17,19). The molecule has 1 aliphatic carbocycles. The van der Waals surface area contributed by atoms with Gasteiger partial charge in [-0.1, -0.05) is 19.9 Å². The molecule has 2 rings (SSSR count). The van der Waals surface area contributed by atoms with Gasteiger partial charge in [0.15, 0.2) is 0 Å². The highest BCUT2D eigenvalue weighted by Crippen LogP contribution is 2.36. The van der Waals surface area contributed by atoms with Crippen LogP contribution in [0.25, 0.3) is 0 Å². The summed E-state index contributed by atoms with van der Waals surface area (Å²) in [5.74, 6) is 1.61. The lowest BCUT2D eigenvalue weighted by molar-refractivity contribution is -0.114. The van der Waals surface area contributed by atoms with E-state index in [2.05, 4.69) is 31.4 Å². The van der Waals surface area contributed by atoms with E-state index in [0.717, 1.165) is 23.2 Å². The van der Waals surface area contributed by atoms with E-state index in [9.17, 15) is 4.79 Å². The minimum Gasteiger partial charge on any atom is -0.382 e. The Morgan fingerprint density at radius 3 is 2.58 bits per heavy atom. The van der Waals surface area contributed by atoms with Crippen LogP contribution in [0.4, 0.5) is 11.4 Å². The Morgan fingerprint density at radius 2 is 2.00 bits per heavy atom. The maximum absolute atomic E-state index is 11.1. The van der Waals surface area contributed by atoms with Crippen molar-refractivity contribution in [3.05, 3.63) is 23.8 Å². The van der Waals surface area contributed by atoms with Crippen LogP contribution in [0.2, 0.25) is 0 Å². The van der Waals surface area contributed by atoms with Gasteiger partial charge in [-0.05, 0) is 49.3 Å². The van der Waals surface area contributed by atoms with E-state index >= 15 is 0 Å². The monoisotopic (exact) mass is 260 g/mol. The van der Waals surface area contributed by atoms with Gasteiger partial charge in [-0.3, -0.25) is 4.79 Å². The molecule has 0 bridgehead atoms. The van der Waals surface area contributed by atoms with Crippen molar-refractivity contribution in [3.8, 4) is 0 Å². The number of nitrogens with one attached hydrogen (secondary N) is 2. The molecule has 0 saturated heterocycles. The first-order chi connectivity index (χ1) is 8.95. The van der Waals surface area contributed by atoms with Gasteiger partial charge in [0.25, 0.3) is 0 Å². The number of aryl methyl sites for hydroxylation is 1. The Bertz CT molecular complexity index is 462. The first kappa shape index (κ1) is 13.9. The van der Waals surface area contributed by atoms with Crippen LogP contribution in [0.3, 0.4) is 0 Å². The summed E-state index contributed by atoms with van der Waals surface area (Å²) in [4.78, 5) is 11.1. The zero-order chi connectivity index (χ0) is 14.0. The van der Waals surface area contributed by atoms with E-state index in [0.29, 0.717) is 6.04 Å². The fourth-order valence-electron chi connectivity index (χ4n) is 2.60. The highest BCUT2D eigenvalue weighted by atomic mass is 16.1. The van der Waals surface area contributed by atoms with Gasteiger partial charge >= 0.3 is 0 Å². The molecule has 0 radical (unpaired) electrons. The minimum absolute atomic E-state index is 0.0293. The van der Waals surface area contributed by atoms with E-state index in [1.807, 2.05) is 18.2 Å². The molecule has 1 saturated carbocycles. The van der Waals surface area contributed by atoms with Crippen LogP contribution in [0.15, 0.2) is 18.2 Å². The SMILES string of the molecule is CC(=O)Nc1ccc(C)c(NC2CC(C(C)C)C2)c1. The molecule has 0 aromatic heterocycles. The molecule has 19 heavy (non-hydrogen) atoms. The minimum atomic E-state index is -0.0293. The number of carbonyl (C=O) groups is 1. The summed E-state index contributed by atoms with van der Waals surface area (Å²) < 4.78 is 0. The molecule has 0 atom stereocenters. The van der Waals surface area contributed by atoms with Crippen molar-refractivity contribution in [2.75, 3.05) is 10.6 Å². The Morgan fingerprint density at radius 1 is 1.32 bits per heavy atom. The topological polar surface area (TPSA) is 41.1 Å². The quantitative estimate of drug-likeness (QED) is 0.864. The molecule has 1 aromatic rings. The van der Waals surface area contributed by atoms with Gasteiger partial charge in [0, 0.05) is 24.3 Å². The first-order valence-electron chi connectivity index (χ1n) is 7.10. The van der Waals surface area contributed by atoms with Crippen LogP contribution in [-0.2, 0) is 4.79 Å². The van der Waals surface area contributed by atoms with Crippen molar-refractivity contribution in [2.45, 2.75) is 46.6 Å². The third kappa shape index (κ3) is 3.49. The summed E-state index contributed by atoms with van der Waals surface area (Å²) in [5.41, 5.74) is 3.22. The molecule has 0 aliphatic heterocycles. The second-order valence-corrected chi connectivity index (χ2v) is 6.03. The maximum Gasteiger partial charge on any atom is 0.221 e. The highest BCUT2D eigenvalue weighted by molar-refractivity contribution is 5.89. The summed E-state index contributed by atoms with van der Waals surface area (Å²) in [6.45, 7) is 8.22. The summed E-state index contributed by atoms with van der Waals surface area (Å²) in [6, 6.07) is 6.60. The molecule has 1 aliphatic rings. The van der Waals surface area contributed by atoms with Gasteiger partial charge in [-0.15, -0.1) is 0 Å². The van der Waals surface area contributed by atoms with Crippen LogP contribution in [-0.4, -0.2) is 11.9 Å². The van der Waals surface area contributed by atoms with E-state index < -0.39 is 0 Å². The number of rotatable bonds is 4. The van der Waals surface area contributed by atoms with Crippen molar-refractivity contribution < 1.29 is 4.79 Å². The van der Waals surface area contributed by atoms with E-state index in [4.69, 9.17) is 0 Å². The Hall–Kier alpha value is -1.51. The predicted molar refractivity (Wildman–Crippen MR) is 80.5 cm³/mol. The normalized spacial score (nSPS) is 21.9. The Labute approximate surface area is 115 Å². The molecule has 3 heteroatoms. The number of hydrogen-bond acceptors (Lipinski definition) is 2. The van der Waals surface area contributed by atoms with Crippen LogP contribution in [0, 0.1) is 18.8 Å². The Balaban J connectivity index is 1.98. The van der Waals surface area contributed by atoms with Crippen LogP contribution in [0.1, 0.15) is 39.2 Å².